The smallest absolute Gasteiger partial charge is 0.250 e. The Balaban J connectivity index is 1.08. The molecule has 13 heteroatoms. The van der Waals surface area contributed by atoms with Crippen LogP contribution in [0.1, 0.15) is 19.3 Å². The number of aliphatic hydroxyl groups excluding tert-OH is 1. The minimum absolute atomic E-state index is 0.0338. The number of aliphatic hydroxyl groups is 1. The molecule has 1 aromatic carbocycles. The van der Waals surface area contributed by atoms with Crippen molar-refractivity contribution in [1.29, 1.82) is 0 Å². The van der Waals surface area contributed by atoms with E-state index >= 15 is 0 Å². The summed E-state index contributed by atoms with van der Waals surface area (Å²) in [5.41, 5.74) is 2.23. The lowest BCUT2D eigenvalue weighted by Gasteiger charge is -2.51. The monoisotopic (exact) mass is 581 g/mol. The van der Waals surface area contributed by atoms with Gasteiger partial charge in [-0.15, -0.1) is 0 Å². The van der Waals surface area contributed by atoms with E-state index in [0.29, 0.717) is 19.5 Å². The molecule has 0 aromatic heterocycles. The molecular weight excluding hydrogens is 538 g/mol. The van der Waals surface area contributed by atoms with Crippen molar-refractivity contribution in [1.82, 2.24) is 35.8 Å². The van der Waals surface area contributed by atoms with Crippen LogP contribution in [0.25, 0.3) is 0 Å². The van der Waals surface area contributed by atoms with Gasteiger partial charge in [-0.1, -0.05) is 12.2 Å². The van der Waals surface area contributed by atoms with Crippen molar-refractivity contribution < 1.29 is 19.4 Å². The molecule has 6 aliphatic rings. The number of anilines is 2. The average molecular weight is 582 g/mol. The SMILES string of the molecule is CN1CCN(c2ccc(NC3NCC4C(=O)N5C/C=C\CC(O)CN6C(=O)COC7CCC(NC76)N5C4N3)cc2)CC1. The Morgan fingerprint density at radius 2 is 1.81 bits per heavy atom. The van der Waals surface area contributed by atoms with Gasteiger partial charge in [-0.3, -0.25) is 30.5 Å². The van der Waals surface area contributed by atoms with E-state index in [0.717, 1.165) is 44.7 Å². The molecule has 0 aliphatic carbocycles. The summed E-state index contributed by atoms with van der Waals surface area (Å²) in [5, 5.41) is 29.0. The molecule has 6 heterocycles. The number of nitrogens with one attached hydrogen (secondary N) is 4. The summed E-state index contributed by atoms with van der Waals surface area (Å²) in [6.45, 7) is 5.46. The molecule has 7 rings (SSSR count). The van der Waals surface area contributed by atoms with E-state index in [1.54, 1.807) is 4.90 Å². The minimum atomic E-state index is -0.674. The fraction of sp³-hybridized carbons (Fsp3) is 0.655. The molecule has 6 aliphatic heterocycles. The second-order valence-corrected chi connectivity index (χ2v) is 12.3. The number of nitrogens with zero attached hydrogens (tertiary/aromatic N) is 5. The van der Waals surface area contributed by atoms with Crippen molar-refractivity contribution >= 4 is 23.2 Å². The van der Waals surface area contributed by atoms with E-state index in [4.69, 9.17) is 4.74 Å². The molecule has 5 saturated heterocycles. The Labute approximate surface area is 246 Å². The van der Waals surface area contributed by atoms with Crippen LogP contribution in [0.2, 0.25) is 0 Å². The van der Waals surface area contributed by atoms with E-state index in [1.807, 2.05) is 17.2 Å². The van der Waals surface area contributed by atoms with E-state index in [2.05, 4.69) is 67.4 Å². The highest BCUT2D eigenvalue weighted by molar-refractivity contribution is 5.82. The van der Waals surface area contributed by atoms with Crippen LogP contribution in [0.4, 0.5) is 11.4 Å². The summed E-state index contributed by atoms with van der Waals surface area (Å²) in [5.74, 6) is -0.319. The minimum Gasteiger partial charge on any atom is -0.391 e. The van der Waals surface area contributed by atoms with Gasteiger partial charge in [0.25, 0.3) is 0 Å². The molecule has 1 aromatic rings. The number of benzene rings is 1. The highest BCUT2D eigenvalue weighted by atomic mass is 16.5. The first-order chi connectivity index (χ1) is 20.4. The third kappa shape index (κ3) is 5.39. The normalized spacial score (nSPS) is 37.0. The molecule has 0 radical (unpaired) electrons. The lowest BCUT2D eigenvalue weighted by molar-refractivity contribution is -0.178. The van der Waals surface area contributed by atoms with E-state index in [-0.39, 0.29) is 61.8 Å². The Morgan fingerprint density at radius 3 is 2.62 bits per heavy atom. The van der Waals surface area contributed by atoms with Gasteiger partial charge in [0, 0.05) is 50.6 Å². The van der Waals surface area contributed by atoms with Gasteiger partial charge in [0.15, 0.2) is 0 Å². The number of amides is 2. The van der Waals surface area contributed by atoms with Crippen LogP contribution in [0.5, 0.6) is 0 Å². The van der Waals surface area contributed by atoms with E-state index < -0.39 is 6.10 Å². The van der Waals surface area contributed by atoms with Crippen molar-refractivity contribution in [3.05, 3.63) is 36.4 Å². The third-order valence-electron chi connectivity index (χ3n) is 9.54. The maximum atomic E-state index is 13.7. The summed E-state index contributed by atoms with van der Waals surface area (Å²) in [6, 6.07) is 8.56. The van der Waals surface area contributed by atoms with Gasteiger partial charge in [-0.25, -0.2) is 0 Å². The molecule has 7 atom stereocenters. The van der Waals surface area contributed by atoms with Crippen molar-refractivity contribution in [3.8, 4) is 0 Å². The first kappa shape index (κ1) is 28.0. The quantitative estimate of drug-likeness (QED) is 0.280. The fourth-order valence-electron chi connectivity index (χ4n) is 7.18. The van der Waals surface area contributed by atoms with Gasteiger partial charge in [0.1, 0.15) is 19.1 Å². The Hall–Kier alpha value is -2.78. The molecule has 0 spiro atoms. The highest BCUT2D eigenvalue weighted by Crippen LogP contribution is 2.33. The van der Waals surface area contributed by atoms with Gasteiger partial charge in [-0.05, 0) is 50.6 Å². The lowest BCUT2D eigenvalue weighted by Crippen LogP contribution is -2.72. The van der Waals surface area contributed by atoms with E-state index in [9.17, 15) is 14.7 Å². The maximum Gasteiger partial charge on any atom is 0.250 e. The van der Waals surface area contributed by atoms with Crippen molar-refractivity contribution in [2.75, 3.05) is 69.7 Å². The molecule has 42 heavy (non-hydrogen) atoms. The summed E-state index contributed by atoms with van der Waals surface area (Å²) < 4.78 is 5.89. The molecule has 228 valence electrons. The van der Waals surface area contributed by atoms with Crippen LogP contribution in [0.3, 0.4) is 0 Å². The zero-order chi connectivity index (χ0) is 28.8. The van der Waals surface area contributed by atoms with Crippen LogP contribution in [-0.2, 0) is 14.3 Å². The topological polar surface area (TPSA) is 128 Å². The number of likely N-dealkylation sites (N-methyl/N-ethyl adjacent to an activating group) is 1. The van der Waals surface area contributed by atoms with Gasteiger partial charge in [-0.2, -0.15) is 5.01 Å². The second kappa shape index (κ2) is 11.7. The van der Waals surface area contributed by atoms with Crippen molar-refractivity contribution in [2.45, 2.75) is 56.3 Å². The number of ether oxygens (including phenoxy) is 1. The number of piperazine rings is 1. The number of fused-ring (bicyclic) bond motifs is 5. The first-order valence-electron chi connectivity index (χ1n) is 15.3. The number of carbonyl (C=O) groups is 2. The molecule has 5 N–H and O–H groups in total. The standard InChI is InChI=1S/C29H43N9O4/c1-34-12-14-35(15-13-34)20-7-5-19(6-8-20)31-29-30-16-22-26(33-29)38-24-10-9-23-27(32-24)36(25(40)18-42-23)17-21(39)4-2-3-11-37(38)28(22)41/h2-3,5-8,21-24,26-27,29-33,39H,4,9-18H2,1H3/b3-2-. The van der Waals surface area contributed by atoms with Crippen molar-refractivity contribution in [3.63, 3.8) is 0 Å². The number of rotatable bonds is 3. The summed E-state index contributed by atoms with van der Waals surface area (Å²) in [4.78, 5) is 33.1. The Morgan fingerprint density at radius 1 is 1.00 bits per heavy atom. The molecule has 13 nitrogen and oxygen atoms in total. The first-order valence-corrected chi connectivity index (χ1v) is 15.3. The maximum absolute atomic E-state index is 13.7. The zero-order valence-corrected chi connectivity index (χ0v) is 24.2. The largest absolute Gasteiger partial charge is 0.391 e. The van der Waals surface area contributed by atoms with Crippen LogP contribution < -0.4 is 26.2 Å². The van der Waals surface area contributed by atoms with Gasteiger partial charge in [0.2, 0.25) is 11.8 Å². The van der Waals surface area contributed by atoms with Crippen LogP contribution in [-0.4, -0.2) is 133 Å². The summed E-state index contributed by atoms with van der Waals surface area (Å²) in [6.07, 6.45) is 3.99. The molecular formula is C29H43N9O4. The van der Waals surface area contributed by atoms with Gasteiger partial charge in [0.05, 0.1) is 37.0 Å². The molecule has 2 bridgehead atoms. The molecule has 5 fully saturated rings. The zero-order valence-electron chi connectivity index (χ0n) is 24.2. The van der Waals surface area contributed by atoms with Crippen LogP contribution >= 0.6 is 0 Å². The van der Waals surface area contributed by atoms with Gasteiger partial charge >= 0.3 is 0 Å². The molecule has 7 unspecified atom stereocenters. The number of hydrazine groups is 1. The van der Waals surface area contributed by atoms with Crippen LogP contribution in [0.15, 0.2) is 36.4 Å². The second-order valence-electron chi connectivity index (χ2n) is 12.3. The number of morpholine rings is 1. The molecule has 2 amide bonds. The van der Waals surface area contributed by atoms with Crippen molar-refractivity contribution in [2.24, 2.45) is 5.92 Å². The predicted molar refractivity (Wildman–Crippen MR) is 157 cm³/mol. The number of hydrogen-bond acceptors (Lipinski definition) is 11. The summed E-state index contributed by atoms with van der Waals surface area (Å²) >= 11 is 0. The number of hydrogen-bond donors (Lipinski definition) is 5. The fourth-order valence-corrected chi connectivity index (χ4v) is 7.18. The van der Waals surface area contributed by atoms with E-state index in [1.165, 1.54) is 5.69 Å². The van der Waals surface area contributed by atoms with Crippen LogP contribution in [0, 0.1) is 5.92 Å². The average Bonchev–Trinajstić information content (AvgIpc) is 3.27. The Bertz CT molecular complexity index is 1180. The summed E-state index contributed by atoms with van der Waals surface area (Å²) in [7, 11) is 2.16. The predicted octanol–water partition coefficient (Wildman–Crippen LogP) is -1.09. The highest BCUT2D eigenvalue weighted by Gasteiger charge is 2.53. The number of carbonyl (C=O) groups excluding carboxylic acids is 2. The van der Waals surface area contributed by atoms with Gasteiger partial charge < -0.3 is 29.9 Å². The Kier molecular flexibility index (Phi) is 7.82. The number of piperidine rings is 1. The molecule has 0 saturated carbocycles. The third-order valence-corrected chi connectivity index (χ3v) is 9.54. The lowest BCUT2D eigenvalue weighted by atomic mass is 9.99.